The van der Waals surface area contributed by atoms with Gasteiger partial charge in [-0.05, 0) is 63.2 Å². The van der Waals surface area contributed by atoms with Crippen molar-refractivity contribution in [3.05, 3.63) is 59.8 Å². The molecule has 0 aliphatic carbocycles. The van der Waals surface area contributed by atoms with Crippen LogP contribution in [-0.2, 0) is 0 Å². The minimum atomic E-state index is -0.156. The number of aryl methyl sites for hydroxylation is 1. The van der Waals surface area contributed by atoms with Crippen molar-refractivity contribution in [2.45, 2.75) is 26.9 Å². The summed E-state index contributed by atoms with van der Waals surface area (Å²) >= 11 is 0. The molecular formula is C19H20N2O2. The van der Waals surface area contributed by atoms with E-state index in [2.05, 4.69) is 16.4 Å². The van der Waals surface area contributed by atoms with E-state index in [9.17, 15) is 4.79 Å². The smallest absolute Gasteiger partial charge is 0.272 e. The van der Waals surface area contributed by atoms with Crippen LogP contribution in [0.3, 0.4) is 0 Å². The molecule has 0 saturated heterocycles. The number of anilines is 1. The summed E-state index contributed by atoms with van der Waals surface area (Å²) in [5.41, 5.74) is 3.42. The molecule has 1 amide bonds. The number of carbonyl (C=O) groups is 1. The highest BCUT2D eigenvalue weighted by molar-refractivity contribution is 6.06. The van der Waals surface area contributed by atoms with E-state index in [-0.39, 0.29) is 12.0 Å². The molecule has 4 nitrogen and oxygen atoms in total. The molecule has 0 aliphatic heterocycles. The highest BCUT2D eigenvalue weighted by Crippen LogP contribution is 2.20. The molecule has 3 aromatic rings. The van der Waals surface area contributed by atoms with Gasteiger partial charge in [-0.15, -0.1) is 0 Å². The zero-order chi connectivity index (χ0) is 16.4. The Balaban J connectivity index is 1.74. The third-order valence-corrected chi connectivity index (χ3v) is 3.50. The molecule has 0 fully saturated rings. The minimum absolute atomic E-state index is 0.130. The molecule has 0 atom stereocenters. The van der Waals surface area contributed by atoms with Crippen LogP contribution in [0.4, 0.5) is 5.69 Å². The molecular weight excluding hydrogens is 288 g/mol. The van der Waals surface area contributed by atoms with Gasteiger partial charge in [-0.2, -0.15) is 0 Å². The molecule has 23 heavy (non-hydrogen) atoms. The second-order valence-electron chi connectivity index (χ2n) is 5.92. The first kappa shape index (κ1) is 15.2. The number of fused-ring (bicyclic) bond motifs is 1. The normalized spacial score (nSPS) is 11.0. The van der Waals surface area contributed by atoms with Gasteiger partial charge < -0.3 is 15.0 Å². The highest BCUT2D eigenvalue weighted by atomic mass is 16.5. The fourth-order valence-electron chi connectivity index (χ4n) is 2.46. The molecule has 1 aromatic heterocycles. The van der Waals surface area contributed by atoms with E-state index < -0.39 is 0 Å². The van der Waals surface area contributed by atoms with Crippen LogP contribution in [-0.4, -0.2) is 17.0 Å². The van der Waals surface area contributed by atoms with Gasteiger partial charge in [-0.1, -0.05) is 11.6 Å². The van der Waals surface area contributed by atoms with Crippen LogP contribution in [0.5, 0.6) is 5.75 Å². The Hall–Kier alpha value is -2.75. The van der Waals surface area contributed by atoms with Gasteiger partial charge in [0.25, 0.3) is 5.91 Å². The van der Waals surface area contributed by atoms with Crippen LogP contribution in [0.1, 0.15) is 29.9 Å². The number of nitrogens with one attached hydrogen (secondary N) is 2. The number of hydrogen-bond donors (Lipinski definition) is 2. The molecule has 2 aromatic carbocycles. The highest BCUT2D eigenvalue weighted by Gasteiger charge is 2.10. The van der Waals surface area contributed by atoms with Crippen molar-refractivity contribution in [2.24, 2.45) is 0 Å². The number of aromatic nitrogens is 1. The van der Waals surface area contributed by atoms with Gasteiger partial charge in [-0.3, -0.25) is 4.79 Å². The van der Waals surface area contributed by atoms with Crippen LogP contribution < -0.4 is 10.1 Å². The Morgan fingerprint density at radius 1 is 1.09 bits per heavy atom. The van der Waals surface area contributed by atoms with Gasteiger partial charge in [0, 0.05) is 16.6 Å². The second kappa shape index (κ2) is 6.16. The van der Waals surface area contributed by atoms with Crippen LogP contribution in [0.15, 0.2) is 48.5 Å². The third-order valence-electron chi connectivity index (χ3n) is 3.50. The molecule has 0 unspecified atom stereocenters. The van der Waals surface area contributed by atoms with Crippen molar-refractivity contribution in [2.75, 3.05) is 5.32 Å². The molecule has 0 bridgehead atoms. The number of benzene rings is 2. The zero-order valence-corrected chi connectivity index (χ0v) is 13.5. The SMILES string of the molecule is Cc1ccc2[nH]c(C(=O)Nc3ccc(OC(C)C)cc3)cc2c1. The molecule has 118 valence electrons. The first-order chi connectivity index (χ1) is 11.0. The maximum atomic E-state index is 12.4. The quantitative estimate of drug-likeness (QED) is 0.744. The first-order valence-corrected chi connectivity index (χ1v) is 7.69. The number of carbonyl (C=O) groups excluding carboxylic acids is 1. The molecule has 2 N–H and O–H groups in total. The molecule has 0 spiro atoms. The lowest BCUT2D eigenvalue weighted by atomic mass is 10.2. The fraction of sp³-hybridized carbons (Fsp3) is 0.211. The van der Waals surface area contributed by atoms with Gasteiger partial charge in [0.1, 0.15) is 11.4 Å². The fourth-order valence-corrected chi connectivity index (χ4v) is 2.46. The maximum absolute atomic E-state index is 12.4. The van der Waals surface area contributed by atoms with E-state index in [1.807, 2.05) is 63.2 Å². The minimum Gasteiger partial charge on any atom is -0.491 e. The van der Waals surface area contributed by atoms with Crippen molar-refractivity contribution >= 4 is 22.5 Å². The lowest BCUT2D eigenvalue weighted by Gasteiger charge is -2.10. The average molecular weight is 308 g/mol. The summed E-state index contributed by atoms with van der Waals surface area (Å²) in [4.78, 5) is 15.5. The summed E-state index contributed by atoms with van der Waals surface area (Å²) in [5.74, 6) is 0.635. The Bertz CT molecular complexity index is 832. The molecule has 0 radical (unpaired) electrons. The van der Waals surface area contributed by atoms with Gasteiger partial charge in [0.15, 0.2) is 0 Å². The van der Waals surface area contributed by atoms with Gasteiger partial charge in [-0.25, -0.2) is 0 Å². The number of rotatable bonds is 4. The summed E-state index contributed by atoms with van der Waals surface area (Å²) < 4.78 is 5.59. The Labute approximate surface area is 135 Å². The topological polar surface area (TPSA) is 54.1 Å². The summed E-state index contributed by atoms with van der Waals surface area (Å²) in [6.07, 6.45) is 0.130. The Morgan fingerprint density at radius 2 is 1.83 bits per heavy atom. The standard InChI is InChI=1S/C19H20N2O2/c1-12(2)23-16-7-5-15(6-8-16)20-19(22)18-11-14-10-13(3)4-9-17(14)21-18/h4-12,21H,1-3H3,(H,20,22). The van der Waals surface area contributed by atoms with Crippen LogP contribution >= 0.6 is 0 Å². The number of aromatic amines is 1. The van der Waals surface area contributed by atoms with Crippen LogP contribution in [0, 0.1) is 6.92 Å². The van der Waals surface area contributed by atoms with Crippen molar-refractivity contribution in [1.82, 2.24) is 4.98 Å². The number of hydrogen-bond acceptors (Lipinski definition) is 2. The van der Waals surface area contributed by atoms with E-state index >= 15 is 0 Å². The largest absolute Gasteiger partial charge is 0.491 e. The van der Waals surface area contributed by atoms with E-state index in [1.165, 1.54) is 5.56 Å². The van der Waals surface area contributed by atoms with E-state index in [4.69, 9.17) is 4.74 Å². The monoisotopic (exact) mass is 308 g/mol. The van der Waals surface area contributed by atoms with Gasteiger partial charge in [0.05, 0.1) is 6.10 Å². The van der Waals surface area contributed by atoms with Crippen molar-refractivity contribution in [3.63, 3.8) is 0 Å². The lowest BCUT2D eigenvalue weighted by molar-refractivity contribution is 0.102. The van der Waals surface area contributed by atoms with Gasteiger partial charge >= 0.3 is 0 Å². The zero-order valence-electron chi connectivity index (χ0n) is 13.5. The predicted molar refractivity (Wildman–Crippen MR) is 93.2 cm³/mol. The number of ether oxygens (including phenoxy) is 1. The van der Waals surface area contributed by atoms with E-state index in [0.717, 1.165) is 22.3 Å². The van der Waals surface area contributed by atoms with E-state index in [1.54, 1.807) is 0 Å². The van der Waals surface area contributed by atoms with Crippen molar-refractivity contribution < 1.29 is 9.53 Å². The summed E-state index contributed by atoms with van der Waals surface area (Å²) in [6, 6.07) is 15.3. The average Bonchev–Trinajstić information content (AvgIpc) is 2.92. The third kappa shape index (κ3) is 3.54. The number of H-pyrrole nitrogens is 1. The Kier molecular flexibility index (Phi) is 4.06. The summed E-state index contributed by atoms with van der Waals surface area (Å²) in [7, 11) is 0. The molecule has 4 heteroatoms. The first-order valence-electron chi connectivity index (χ1n) is 7.69. The molecule has 1 heterocycles. The molecule has 3 rings (SSSR count). The summed E-state index contributed by atoms with van der Waals surface area (Å²) in [5, 5.41) is 3.93. The van der Waals surface area contributed by atoms with Crippen molar-refractivity contribution in [1.29, 1.82) is 0 Å². The van der Waals surface area contributed by atoms with Gasteiger partial charge in [0.2, 0.25) is 0 Å². The molecule has 0 aliphatic rings. The second-order valence-corrected chi connectivity index (χ2v) is 5.92. The Morgan fingerprint density at radius 3 is 2.52 bits per heavy atom. The molecule has 0 saturated carbocycles. The maximum Gasteiger partial charge on any atom is 0.272 e. The predicted octanol–water partition coefficient (Wildman–Crippen LogP) is 4.52. The van der Waals surface area contributed by atoms with Crippen LogP contribution in [0.2, 0.25) is 0 Å². The van der Waals surface area contributed by atoms with Crippen molar-refractivity contribution in [3.8, 4) is 5.75 Å². The lowest BCUT2D eigenvalue weighted by Crippen LogP contribution is -2.12. The van der Waals surface area contributed by atoms with E-state index in [0.29, 0.717) is 5.69 Å². The number of amides is 1. The van der Waals surface area contributed by atoms with Crippen LogP contribution in [0.25, 0.3) is 10.9 Å². The summed E-state index contributed by atoms with van der Waals surface area (Å²) in [6.45, 7) is 5.99.